The van der Waals surface area contributed by atoms with Crippen molar-refractivity contribution >= 4 is 17.3 Å². The highest BCUT2D eigenvalue weighted by Crippen LogP contribution is 2.18. The van der Waals surface area contributed by atoms with Crippen LogP contribution in [0.4, 0.5) is 17.3 Å². The van der Waals surface area contributed by atoms with Gasteiger partial charge in [-0.1, -0.05) is 23.8 Å². The van der Waals surface area contributed by atoms with Crippen molar-refractivity contribution in [3.8, 4) is 0 Å². The van der Waals surface area contributed by atoms with Gasteiger partial charge in [0.15, 0.2) is 0 Å². The molecule has 0 bridgehead atoms. The zero-order valence-electron chi connectivity index (χ0n) is 13.2. The lowest BCUT2D eigenvalue weighted by atomic mass is 10.2. The van der Waals surface area contributed by atoms with Gasteiger partial charge < -0.3 is 10.6 Å². The number of nitrogens with one attached hydrogen (secondary N) is 2. The number of aryl methyl sites for hydroxylation is 2. The van der Waals surface area contributed by atoms with Crippen LogP contribution in [-0.4, -0.2) is 15.0 Å². The smallest absolute Gasteiger partial charge is 0.136 e. The topological polar surface area (TPSA) is 62.7 Å². The van der Waals surface area contributed by atoms with E-state index in [1.807, 2.05) is 43.3 Å². The summed E-state index contributed by atoms with van der Waals surface area (Å²) in [6, 6.07) is 16.0. The predicted molar refractivity (Wildman–Crippen MR) is 92.8 cm³/mol. The largest absolute Gasteiger partial charge is 0.364 e. The zero-order valence-corrected chi connectivity index (χ0v) is 13.2. The van der Waals surface area contributed by atoms with Gasteiger partial charge in [-0.3, -0.25) is 4.98 Å². The van der Waals surface area contributed by atoms with E-state index in [9.17, 15) is 0 Å². The molecule has 116 valence electrons. The number of anilines is 3. The molecule has 0 atom stereocenters. The molecule has 1 aromatic carbocycles. The van der Waals surface area contributed by atoms with Crippen molar-refractivity contribution in [1.82, 2.24) is 15.0 Å². The minimum Gasteiger partial charge on any atom is -0.364 e. The van der Waals surface area contributed by atoms with Gasteiger partial charge in [0.05, 0.1) is 12.2 Å². The summed E-state index contributed by atoms with van der Waals surface area (Å²) >= 11 is 0. The lowest BCUT2D eigenvalue weighted by Gasteiger charge is -2.10. The highest BCUT2D eigenvalue weighted by Gasteiger charge is 2.03. The standard InChI is InChI=1S/C18H19N5/c1-13-6-8-15(9-7-13)23-18-11-17(21-14(2)22-18)20-12-16-5-3-4-10-19-16/h3-11H,12H2,1-2H3,(H2,20,21,22,23). The number of rotatable bonds is 5. The summed E-state index contributed by atoms with van der Waals surface area (Å²) in [4.78, 5) is 13.1. The first-order chi connectivity index (χ1) is 11.2. The Labute approximate surface area is 135 Å². The number of hydrogen-bond donors (Lipinski definition) is 2. The van der Waals surface area contributed by atoms with E-state index in [4.69, 9.17) is 0 Å². The fraction of sp³-hybridized carbons (Fsp3) is 0.167. The van der Waals surface area contributed by atoms with Gasteiger partial charge in [0.2, 0.25) is 0 Å². The molecular weight excluding hydrogens is 286 g/mol. The third kappa shape index (κ3) is 4.26. The summed E-state index contributed by atoms with van der Waals surface area (Å²) in [7, 11) is 0. The molecule has 23 heavy (non-hydrogen) atoms. The Balaban J connectivity index is 1.72. The van der Waals surface area contributed by atoms with E-state index >= 15 is 0 Å². The quantitative estimate of drug-likeness (QED) is 0.750. The minimum absolute atomic E-state index is 0.626. The van der Waals surface area contributed by atoms with Gasteiger partial charge in [-0.25, -0.2) is 9.97 Å². The van der Waals surface area contributed by atoms with E-state index in [2.05, 4.69) is 44.6 Å². The molecule has 0 aliphatic heterocycles. The maximum absolute atomic E-state index is 4.43. The van der Waals surface area contributed by atoms with Crippen LogP contribution >= 0.6 is 0 Å². The van der Waals surface area contributed by atoms with Crippen LogP contribution in [0.3, 0.4) is 0 Å². The van der Waals surface area contributed by atoms with E-state index in [1.54, 1.807) is 6.20 Å². The van der Waals surface area contributed by atoms with Gasteiger partial charge in [0.25, 0.3) is 0 Å². The lowest BCUT2D eigenvalue weighted by Crippen LogP contribution is -2.06. The molecule has 2 aromatic heterocycles. The van der Waals surface area contributed by atoms with Crippen molar-refractivity contribution in [2.24, 2.45) is 0 Å². The Bertz CT molecular complexity index is 769. The van der Waals surface area contributed by atoms with Gasteiger partial charge in [0.1, 0.15) is 17.5 Å². The van der Waals surface area contributed by atoms with E-state index in [0.29, 0.717) is 12.4 Å². The first-order valence-electron chi connectivity index (χ1n) is 7.52. The van der Waals surface area contributed by atoms with Crippen LogP contribution < -0.4 is 10.6 Å². The molecule has 2 heterocycles. The van der Waals surface area contributed by atoms with Crippen LogP contribution in [0, 0.1) is 13.8 Å². The van der Waals surface area contributed by atoms with Crippen LogP contribution in [-0.2, 0) is 6.54 Å². The second-order valence-electron chi connectivity index (χ2n) is 5.35. The SMILES string of the molecule is Cc1ccc(Nc2cc(NCc3ccccn3)nc(C)n2)cc1. The van der Waals surface area contributed by atoms with Crippen molar-refractivity contribution in [3.63, 3.8) is 0 Å². The first-order valence-corrected chi connectivity index (χ1v) is 7.52. The monoisotopic (exact) mass is 305 g/mol. The average molecular weight is 305 g/mol. The van der Waals surface area contributed by atoms with Gasteiger partial charge in [-0.2, -0.15) is 0 Å². The Kier molecular flexibility index (Phi) is 4.47. The number of hydrogen-bond acceptors (Lipinski definition) is 5. The van der Waals surface area contributed by atoms with E-state index in [1.165, 1.54) is 5.56 Å². The normalized spacial score (nSPS) is 10.3. The lowest BCUT2D eigenvalue weighted by molar-refractivity contribution is 0.996. The highest BCUT2D eigenvalue weighted by atomic mass is 15.1. The van der Waals surface area contributed by atoms with Gasteiger partial charge in [0, 0.05) is 18.0 Å². The summed E-state index contributed by atoms with van der Waals surface area (Å²) < 4.78 is 0. The number of benzene rings is 1. The molecule has 3 rings (SSSR count). The summed E-state index contributed by atoms with van der Waals surface area (Å²) in [6.45, 7) is 4.58. The molecule has 0 spiro atoms. The third-order valence-electron chi connectivity index (χ3n) is 3.34. The minimum atomic E-state index is 0.626. The Morgan fingerprint density at radius 3 is 2.43 bits per heavy atom. The van der Waals surface area contributed by atoms with Crippen LogP contribution in [0.2, 0.25) is 0 Å². The second kappa shape index (κ2) is 6.87. The molecule has 0 amide bonds. The summed E-state index contributed by atoms with van der Waals surface area (Å²) in [6.07, 6.45) is 1.78. The van der Waals surface area contributed by atoms with Crippen molar-refractivity contribution < 1.29 is 0 Å². The zero-order chi connectivity index (χ0) is 16.1. The van der Waals surface area contributed by atoms with E-state index in [0.717, 1.165) is 23.0 Å². The Morgan fingerprint density at radius 1 is 0.913 bits per heavy atom. The summed E-state index contributed by atoms with van der Waals surface area (Å²) in [5.41, 5.74) is 3.20. The van der Waals surface area contributed by atoms with Crippen molar-refractivity contribution in [2.45, 2.75) is 20.4 Å². The van der Waals surface area contributed by atoms with Crippen LogP contribution in [0.1, 0.15) is 17.1 Å². The molecule has 0 unspecified atom stereocenters. The Morgan fingerprint density at radius 2 is 1.70 bits per heavy atom. The maximum atomic E-state index is 4.43. The second-order valence-corrected chi connectivity index (χ2v) is 5.35. The molecule has 0 radical (unpaired) electrons. The number of pyridine rings is 1. The van der Waals surface area contributed by atoms with Gasteiger partial charge in [-0.05, 0) is 38.1 Å². The van der Waals surface area contributed by atoms with Crippen LogP contribution in [0.5, 0.6) is 0 Å². The third-order valence-corrected chi connectivity index (χ3v) is 3.34. The van der Waals surface area contributed by atoms with Crippen LogP contribution in [0.15, 0.2) is 54.7 Å². The van der Waals surface area contributed by atoms with E-state index in [-0.39, 0.29) is 0 Å². The van der Waals surface area contributed by atoms with Gasteiger partial charge in [-0.15, -0.1) is 0 Å². The van der Waals surface area contributed by atoms with Crippen LogP contribution in [0.25, 0.3) is 0 Å². The molecule has 0 saturated heterocycles. The fourth-order valence-electron chi connectivity index (χ4n) is 2.19. The van der Waals surface area contributed by atoms with Crippen molar-refractivity contribution in [1.29, 1.82) is 0 Å². The molecule has 5 heteroatoms. The molecule has 0 saturated carbocycles. The highest BCUT2D eigenvalue weighted by molar-refractivity contribution is 5.59. The predicted octanol–water partition coefficient (Wildman–Crippen LogP) is 3.84. The van der Waals surface area contributed by atoms with Crippen molar-refractivity contribution in [2.75, 3.05) is 10.6 Å². The van der Waals surface area contributed by atoms with E-state index < -0.39 is 0 Å². The molecule has 5 nitrogen and oxygen atoms in total. The molecular formula is C18H19N5. The molecule has 0 fully saturated rings. The average Bonchev–Trinajstić information content (AvgIpc) is 2.56. The van der Waals surface area contributed by atoms with Gasteiger partial charge >= 0.3 is 0 Å². The summed E-state index contributed by atoms with van der Waals surface area (Å²) in [5.74, 6) is 2.26. The number of nitrogens with zero attached hydrogens (tertiary/aromatic N) is 3. The van der Waals surface area contributed by atoms with Crippen molar-refractivity contribution in [3.05, 3.63) is 71.8 Å². The first kappa shape index (κ1) is 15.0. The molecule has 0 aliphatic carbocycles. The number of aromatic nitrogens is 3. The Hall–Kier alpha value is -2.95. The molecule has 2 N–H and O–H groups in total. The summed E-state index contributed by atoms with van der Waals surface area (Å²) in [5, 5.41) is 6.59. The maximum Gasteiger partial charge on any atom is 0.136 e. The fourth-order valence-corrected chi connectivity index (χ4v) is 2.19. The molecule has 3 aromatic rings. The molecule has 0 aliphatic rings.